The first-order valence-corrected chi connectivity index (χ1v) is 16.7. The van der Waals surface area contributed by atoms with Crippen LogP contribution in [-0.2, 0) is 27.7 Å². The minimum atomic E-state index is -3.64. The van der Waals surface area contributed by atoms with Crippen LogP contribution in [-0.4, -0.2) is 86.8 Å². The summed E-state index contributed by atoms with van der Waals surface area (Å²) in [5, 5.41) is 3.57. The van der Waals surface area contributed by atoms with Crippen LogP contribution in [0.2, 0.25) is 0 Å². The van der Waals surface area contributed by atoms with Gasteiger partial charge in [-0.05, 0) is 62.1 Å². The molecule has 218 valence electrons. The second kappa shape index (κ2) is 12.7. The number of ether oxygens (including phenoxy) is 1. The first-order chi connectivity index (χ1) is 19.3. The summed E-state index contributed by atoms with van der Waals surface area (Å²) in [5.41, 5.74) is 1.99. The van der Waals surface area contributed by atoms with E-state index in [0.29, 0.717) is 42.4 Å². The molecule has 1 aromatic carbocycles. The van der Waals surface area contributed by atoms with E-state index in [2.05, 4.69) is 17.1 Å². The number of anilines is 1. The van der Waals surface area contributed by atoms with Crippen LogP contribution >= 0.6 is 11.3 Å². The van der Waals surface area contributed by atoms with Crippen molar-refractivity contribution in [3.8, 4) is 0 Å². The number of amides is 2. The van der Waals surface area contributed by atoms with Crippen LogP contribution in [0.25, 0.3) is 0 Å². The van der Waals surface area contributed by atoms with Crippen molar-refractivity contribution < 1.29 is 22.7 Å². The minimum Gasteiger partial charge on any atom is -0.378 e. The van der Waals surface area contributed by atoms with Gasteiger partial charge in [0.25, 0.3) is 11.8 Å². The first kappa shape index (κ1) is 29.2. The van der Waals surface area contributed by atoms with Crippen molar-refractivity contribution in [3.05, 3.63) is 45.8 Å². The van der Waals surface area contributed by atoms with Crippen molar-refractivity contribution >= 4 is 38.2 Å². The lowest BCUT2D eigenvalue weighted by Gasteiger charge is -2.30. The van der Waals surface area contributed by atoms with Gasteiger partial charge in [0, 0.05) is 49.7 Å². The number of nitrogens with one attached hydrogen (secondary N) is 1. The highest BCUT2D eigenvalue weighted by Crippen LogP contribution is 2.38. The molecule has 3 aliphatic rings. The summed E-state index contributed by atoms with van der Waals surface area (Å²) >= 11 is 1.48. The number of rotatable bonds is 8. The van der Waals surface area contributed by atoms with Crippen LogP contribution in [0, 0.1) is 0 Å². The number of nitrogens with zero attached hydrogens (tertiary/aromatic N) is 3. The number of hydrogen-bond donors (Lipinski definition) is 1. The zero-order valence-electron chi connectivity index (χ0n) is 23.5. The summed E-state index contributed by atoms with van der Waals surface area (Å²) in [6, 6.07) is 6.13. The number of carbonyl (C=O) groups is 2. The molecule has 2 aromatic rings. The quantitative estimate of drug-likeness (QED) is 0.497. The number of morpholine rings is 1. The second-order valence-electron chi connectivity index (χ2n) is 10.9. The zero-order chi connectivity index (χ0) is 28.3. The average Bonchev–Trinajstić information content (AvgIpc) is 3.34. The Kier molecular flexibility index (Phi) is 9.26. The van der Waals surface area contributed by atoms with Crippen molar-refractivity contribution in [3.63, 3.8) is 0 Å². The molecular formula is C29H40N4O5S2. The molecule has 1 N–H and O–H groups in total. The molecule has 1 aromatic heterocycles. The van der Waals surface area contributed by atoms with E-state index in [-0.39, 0.29) is 22.8 Å². The van der Waals surface area contributed by atoms with Crippen molar-refractivity contribution in [1.29, 1.82) is 0 Å². The molecular weight excluding hydrogens is 548 g/mol. The summed E-state index contributed by atoms with van der Waals surface area (Å²) in [4.78, 5) is 32.5. The Morgan fingerprint density at radius 1 is 1.07 bits per heavy atom. The third-order valence-corrected chi connectivity index (χ3v) is 11.4. The van der Waals surface area contributed by atoms with Crippen LogP contribution in [0.3, 0.4) is 0 Å². The van der Waals surface area contributed by atoms with Gasteiger partial charge in [-0.15, -0.1) is 11.3 Å². The van der Waals surface area contributed by atoms with Gasteiger partial charge in [-0.1, -0.05) is 26.2 Å². The molecule has 1 saturated carbocycles. The molecule has 2 aliphatic heterocycles. The summed E-state index contributed by atoms with van der Waals surface area (Å²) in [7, 11) is -1.99. The molecule has 2 fully saturated rings. The first-order valence-electron chi connectivity index (χ1n) is 14.4. The Bertz CT molecular complexity index is 1310. The fourth-order valence-corrected chi connectivity index (χ4v) is 8.66. The number of thiophene rings is 1. The van der Waals surface area contributed by atoms with Gasteiger partial charge in [0.15, 0.2) is 0 Å². The Hall–Kier alpha value is -2.31. The molecule has 40 heavy (non-hydrogen) atoms. The average molecular weight is 589 g/mol. The molecule has 1 aliphatic carbocycles. The highest BCUT2D eigenvalue weighted by molar-refractivity contribution is 7.89. The van der Waals surface area contributed by atoms with Crippen LogP contribution in [0.5, 0.6) is 0 Å². The number of carbonyl (C=O) groups excluding carboxylic acids is 2. The van der Waals surface area contributed by atoms with Crippen LogP contribution in [0.15, 0.2) is 29.2 Å². The van der Waals surface area contributed by atoms with E-state index in [1.54, 1.807) is 19.2 Å². The lowest BCUT2D eigenvalue weighted by atomic mass is 9.96. The van der Waals surface area contributed by atoms with E-state index in [1.807, 2.05) is 4.90 Å². The fourth-order valence-electron chi connectivity index (χ4n) is 5.96. The maximum atomic E-state index is 13.7. The maximum absolute atomic E-state index is 13.7. The van der Waals surface area contributed by atoms with Crippen LogP contribution < -0.4 is 5.32 Å². The summed E-state index contributed by atoms with van der Waals surface area (Å²) in [5.74, 6) is -0.420. The lowest BCUT2D eigenvalue weighted by molar-refractivity contribution is 0.0302. The molecule has 0 spiro atoms. The van der Waals surface area contributed by atoms with E-state index < -0.39 is 10.0 Å². The van der Waals surface area contributed by atoms with Crippen molar-refractivity contribution in [2.24, 2.45) is 0 Å². The van der Waals surface area contributed by atoms with Gasteiger partial charge in [0.1, 0.15) is 5.00 Å². The van der Waals surface area contributed by atoms with E-state index >= 15 is 0 Å². The number of hydrogen-bond acceptors (Lipinski definition) is 7. The van der Waals surface area contributed by atoms with E-state index in [4.69, 9.17) is 4.74 Å². The number of sulfonamides is 1. The summed E-state index contributed by atoms with van der Waals surface area (Å²) in [6.45, 7) is 6.90. The van der Waals surface area contributed by atoms with Gasteiger partial charge >= 0.3 is 0 Å². The van der Waals surface area contributed by atoms with E-state index in [1.165, 1.54) is 27.8 Å². The predicted octanol–water partition coefficient (Wildman–Crippen LogP) is 4.19. The van der Waals surface area contributed by atoms with Crippen molar-refractivity contribution in [2.75, 3.05) is 51.8 Å². The molecule has 0 radical (unpaired) electrons. The molecule has 0 unspecified atom stereocenters. The Balaban J connectivity index is 1.36. The number of fused-ring (bicyclic) bond motifs is 1. The largest absolute Gasteiger partial charge is 0.378 e. The lowest BCUT2D eigenvalue weighted by Crippen LogP contribution is -2.41. The standard InChI is InChI=1S/C29H40N4O5S2/c1-3-14-32-15-13-24-25(20-32)39-28(26(24)29(35)33-16-18-38-19-17-33)30-27(34)21-9-11-23(12-10-21)40(36,37)31(2)22-7-5-4-6-8-22/h9-12,22H,3-8,13-20H2,1-2H3,(H,30,34). The fraction of sp³-hybridized carbons (Fsp3) is 0.586. The van der Waals surface area contributed by atoms with Gasteiger partial charge in [-0.3, -0.25) is 14.5 Å². The predicted molar refractivity (Wildman–Crippen MR) is 157 cm³/mol. The highest BCUT2D eigenvalue weighted by atomic mass is 32.2. The smallest absolute Gasteiger partial charge is 0.257 e. The Morgan fingerprint density at radius 3 is 2.45 bits per heavy atom. The SMILES string of the molecule is CCCN1CCc2c(sc(NC(=O)c3ccc(S(=O)(=O)N(C)C4CCCCC4)cc3)c2C(=O)N2CCOCC2)C1. The highest BCUT2D eigenvalue weighted by Gasteiger charge is 2.32. The van der Waals surface area contributed by atoms with Gasteiger partial charge in [0.2, 0.25) is 10.0 Å². The molecule has 0 atom stereocenters. The number of benzene rings is 1. The van der Waals surface area contributed by atoms with Gasteiger partial charge in [-0.2, -0.15) is 4.31 Å². The third kappa shape index (κ3) is 6.13. The van der Waals surface area contributed by atoms with Crippen molar-refractivity contribution in [2.45, 2.75) is 69.4 Å². The molecule has 3 heterocycles. The van der Waals surface area contributed by atoms with E-state index in [0.717, 1.165) is 75.0 Å². The molecule has 9 nitrogen and oxygen atoms in total. The summed E-state index contributed by atoms with van der Waals surface area (Å²) in [6.07, 6.45) is 6.83. The van der Waals surface area contributed by atoms with Gasteiger partial charge in [0.05, 0.1) is 23.7 Å². The van der Waals surface area contributed by atoms with E-state index in [9.17, 15) is 18.0 Å². The molecule has 5 rings (SSSR count). The topological polar surface area (TPSA) is 99.3 Å². The second-order valence-corrected chi connectivity index (χ2v) is 14.0. The Labute approximate surface area is 241 Å². The maximum Gasteiger partial charge on any atom is 0.257 e. The van der Waals surface area contributed by atoms with Crippen LogP contribution in [0.4, 0.5) is 5.00 Å². The van der Waals surface area contributed by atoms with Gasteiger partial charge in [-0.25, -0.2) is 8.42 Å². The normalized spacial score (nSPS) is 19.0. The molecule has 11 heteroatoms. The zero-order valence-corrected chi connectivity index (χ0v) is 25.1. The Morgan fingerprint density at radius 2 is 1.77 bits per heavy atom. The van der Waals surface area contributed by atoms with Gasteiger partial charge < -0.3 is 15.0 Å². The molecule has 0 bridgehead atoms. The van der Waals surface area contributed by atoms with Crippen LogP contribution in [0.1, 0.15) is 76.6 Å². The minimum absolute atomic E-state index is 0.0160. The van der Waals surface area contributed by atoms with Crippen molar-refractivity contribution in [1.82, 2.24) is 14.1 Å². The summed E-state index contributed by atoms with van der Waals surface area (Å²) < 4.78 is 33.4. The monoisotopic (exact) mass is 588 g/mol. The third-order valence-electron chi connectivity index (χ3n) is 8.30. The molecule has 1 saturated heterocycles. The molecule has 2 amide bonds.